The Kier molecular flexibility index (Phi) is 5.68. The SMILES string of the molecule is CCn1nc(C)c(Cl)c1CC(NN)c1ccc(Br)cc1Cl. The molecule has 1 atom stereocenters. The molecule has 0 bridgehead atoms. The number of nitrogens with one attached hydrogen (secondary N) is 1. The summed E-state index contributed by atoms with van der Waals surface area (Å²) >= 11 is 16.1. The van der Waals surface area contributed by atoms with Crippen molar-refractivity contribution in [2.75, 3.05) is 0 Å². The molecule has 1 aromatic heterocycles. The Labute approximate surface area is 142 Å². The van der Waals surface area contributed by atoms with E-state index in [9.17, 15) is 0 Å². The molecule has 21 heavy (non-hydrogen) atoms. The van der Waals surface area contributed by atoms with Gasteiger partial charge in [0.2, 0.25) is 0 Å². The monoisotopic (exact) mass is 390 g/mol. The van der Waals surface area contributed by atoms with Crippen LogP contribution in [-0.4, -0.2) is 9.78 Å². The van der Waals surface area contributed by atoms with Crippen LogP contribution in [0, 0.1) is 6.92 Å². The van der Waals surface area contributed by atoms with Crippen molar-refractivity contribution in [1.29, 1.82) is 0 Å². The van der Waals surface area contributed by atoms with Crippen LogP contribution >= 0.6 is 39.1 Å². The normalized spacial score (nSPS) is 12.7. The second-order valence-electron chi connectivity index (χ2n) is 4.75. The molecule has 0 radical (unpaired) electrons. The molecule has 0 aliphatic rings. The van der Waals surface area contributed by atoms with Gasteiger partial charge in [0.1, 0.15) is 0 Å². The summed E-state index contributed by atoms with van der Waals surface area (Å²) in [6.07, 6.45) is 0.616. The first kappa shape index (κ1) is 16.8. The Morgan fingerprint density at radius 1 is 1.43 bits per heavy atom. The third-order valence-corrected chi connectivity index (χ3v) is 4.70. The van der Waals surface area contributed by atoms with Gasteiger partial charge in [-0.1, -0.05) is 45.2 Å². The van der Waals surface area contributed by atoms with E-state index < -0.39 is 0 Å². The average Bonchev–Trinajstić information content (AvgIpc) is 2.72. The highest BCUT2D eigenvalue weighted by molar-refractivity contribution is 9.10. The van der Waals surface area contributed by atoms with E-state index >= 15 is 0 Å². The summed E-state index contributed by atoms with van der Waals surface area (Å²) in [4.78, 5) is 0. The van der Waals surface area contributed by atoms with Gasteiger partial charge in [0.25, 0.3) is 0 Å². The Balaban J connectivity index is 2.35. The van der Waals surface area contributed by atoms with Gasteiger partial charge in [-0.25, -0.2) is 0 Å². The van der Waals surface area contributed by atoms with Crippen LogP contribution in [0.1, 0.15) is 29.9 Å². The van der Waals surface area contributed by atoms with E-state index in [2.05, 4.69) is 26.5 Å². The molecule has 3 N–H and O–H groups in total. The summed E-state index contributed by atoms with van der Waals surface area (Å²) in [5.74, 6) is 5.71. The highest BCUT2D eigenvalue weighted by atomic mass is 79.9. The molecule has 1 unspecified atom stereocenters. The number of hydrazine groups is 1. The predicted octanol–water partition coefficient (Wildman–Crippen LogP) is 4.03. The molecule has 4 nitrogen and oxygen atoms in total. The van der Waals surface area contributed by atoms with Crippen molar-refractivity contribution in [3.8, 4) is 0 Å². The van der Waals surface area contributed by atoms with Gasteiger partial charge in [0.05, 0.1) is 22.5 Å². The van der Waals surface area contributed by atoms with Crippen LogP contribution in [0.25, 0.3) is 0 Å². The molecule has 1 heterocycles. The number of aryl methyl sites for hydroxylation is 2. The number of rotatable bonds is 5. The standard InChI is InChI=1S/C14H17BrCl2N4/c1-3-21-13(14(17)8(2)20-21)7-12(19-18)10-5-4-9(15)6-11(10)16/h4-6,12,19H,3,7,18H2,1-2H3. The van der Waals surface area contributed by atoms with Crippen LogP contribution < -0.4 is 11.3 Å². The van der Waals surface area contributed by atoms with E-state index in [0.717, 1.165) is 28.0 Å². The average molecular weight is 392 g/mol. The lowest BCUT2D eigenvalue weighted by atomic mass is 10.0. The lowest BCUT2D eigenvalue weighted by Crippen LogP contribution is -2.30. The van der Waals surface area contributed by atoms with Crippen LogP contribution in [-0.2, 0) is 13.0 Å². The van der Waals surface area contributed by atoms with E-state index in [1.165, 1.54) is 0 Å². The first-order valence-electron chi connectivity index (χ1n) is 6.60. The number of aromatic nitrogens is 2. The van der Waals surface area contributed by atoms with Gasteiger partial charge in [0, 0.05) is 22.5 Å². The van der Waals surface area contributed by atoms with Gasteiger partial charge in [-0.2, -0.15) is 5.10 Å². The number of nitrogens with zero attached hydrogens (tertiary/aromatic N) is 2. The molecule has 1 aromatic carbocycles. The van der Waals surface area contributed by atoms with E-state index in [1.807, 2.05) is 36.7 Å². The Morgan fingerprint density at radius 3 is 2.71 bits per heavy atom. The number of hydrogen-bond acceptors (Lipinski definition) is 3. The summed E-state index contributed by atoms with van der Waals surface area (Å²) in [5.41, 5.74) is 5.53. The molecule has 0 saturated heterocycles. The molecule has 2 aromatic rings. The fourth-order valence-electron chi connectivity index (χ4n) is 2.30. The van der Waals surface area contributed by atoms with E-state index in [1.54, 1.807) is 0 Å². The number of nitrogens with two attached hydrogens (primary N) is 1. The minimum Gasteiger partial charge on any atom is -0.271 e. The minimum absolute atomic E-state index is 0.135. The lowest BCUT2D eigenvalue weighted by Gasteiger charge is -2.18. The summed E-state index contributed by atoms with van der Waals surface area (Å²) in [6, 6.07) is 5.61. The third kappa shape index (κ3) is 3.60. The number of benzene rings is 1. The molecule has 0 spiro atoms. The summed E-state index contributed by atoms with van der Waals surface area (Å²) in [5, 5.41) is 5.76. The van der Waals surface area contributed by atoms with Gasteiger partial charge >= 0.3 is 0 Å². The molecule has 114 valence electrons. The van der Waals surface area contributed by atoms with Crippen molar-refractivity contribution in [2.45, 2.75) is 32.9 Å². The zero-order valence-corrected chi connectivity index (χ0v) is 14.9. The highest BCUT2D eigenvalue weighted by Crippen LogP contribution is 2.30. The number of halogens is 3. The summed E-state index contributed by atoms with van der Waals surface area (Å²) in [7, 11) is 0. The molecule has 7 heteroatoms. The van der Waals surface area contributed by atoms with Gasteiger partial charge in [-0.15, -0.1) is 0 Å². The molecule has 2 rings (SSSR count). The molecule has 0 fully saturated rings. The predicted molar refractivity (Wildman–Crippen MR) is 90.6 cm³/mol. The van der Waals surface area contributed by atoms with Crippen LogP contribution in [0.15, 0.2) is 22.7 Å². The van der Waals surface area contributed by atoms with Crippen LogP contribution in [0.3, 0.4) is 0 Å². The smallest absolute Gasteiger partial charge is 0.0847 e. The van der Waals surface area contributed by atoms with E-state index in [0.29, 0.717) is 16.5 Å². The van der Waals surface area contributed by atoms with Crippen molar-refractivity contribution in [3.05, 3.63) is 49.7 Å². The van der Waals surface area contributed by atoms with Crippen LogP contribution in [0.4, 0.5) is 0 Å². The largest absolute Gasteiger partial charge is 0.271 e. The maximum atomic E-state index is 6.35. The van der Waals surface area contributed by atoms with Crippen LogP contribution in [0.2, 0.25) is 10.0 Å². The van der Waals surface area contributed by atoms with E-state index in [-0.39, 0.29) is 6.04 Å². The molecule has 0 aliphatic carbocycles. The molecule has 0 aliphatic heterocycles. The zero-order valence-electron chi connectivity index (χ0n) is 11.8. The van der Waals surface area contributed by atoms with Crippen LogP contribution in [0.5, 0.6) is 0 Å². The first-order chi connectivity index (χ1) is 9.97. The maximum Gasteiger partial charge on any atom is 0.0847 e. The van der Waals surface area contributed by atoms with Crippen molar-refractivity contribution in [1.82, 2.24) is 15.2 Å². The molecular formula is C14H17BrCl2N4. The third-order valence-electron chi connectivity index (χ3n) is 3.39. The van der Waals surface area contributed by atoms with Gasteiger partial charge < -0.3 is 0 Å². The molecule has 0 amide bonds. The first-order valence-corrected chi connectivity index (χ1v) is 8.15. The van der Waals surface area contributed by atoms with Crippen molar-refractivity contribution < 1.29 is 0 Å². The van der Waals surface area contributed by atoms with Crippen molar-refractivity contribution in [3.63, 3.8) is 0 Å². The quantitative estimate of drug-likeness (QED) is 0.597. The topological polar surface area (TPSA) is 55.9 Å². The highest BCUT2D eigenvalue weighted by Gasteiger charge is 2.20. The van der Waals surface area contributed by atoms with Crippen molar-refractivity contribution >= 4 is 39.1 Å². The second kappa shape index (κ2) is 7.11. The molecular weight excluding hydrogens is 375 g/mol. The Bertz CT molecular complexity index is 642. The fraction of sp³-hybridized carbons (Fsp3) is 0.357. The van der Waals surface area contributed by atoms with Gasteiger partial charge in [0.15, 0.2) is 0 Å². The van der Waals surface area contributed by atoms with Gasteiger partial charge in [-0.05, 0) is 31.5 Å². The minimum atomic E-state index is -0.135. The summed E-state index contributed by atoms with van der Waals surface area (Å²) in [6.45, 7) is 4.69. The fourth-order valence-corrected chi connectivity index (χ4v) is 3.32. The van der Waals surface area contributed by atoms with Crippen molar-refractivity contribution in [2.24, 2.45) is 5.84 Å². The Morgan fingerprint density at radius 2 is 2.14 bits per heavy atom. The lowest BCUT2D eigenvalue weighted by molar-refractivity contribution is 0.517. The zero-order chi connectivity index (χ0) is 15.6. The summed E-state index contributed by atoms with van der Waals surface area (Å²) < 4.78 is 2.83. The second-order valence-corrected chi connectivity index (χ2v) is 6.45. The maximum absolute atomic E-state index is 6.35. The molecule has 0 saturated carbocycles. The van der Waals surface area contributed by atoms with E-state index in [4.69, 9.17) is 29.0 Å². The number of hydrogen-bond donors (Lipinski definition) is 2. The Hall–Kier alpha value is -0.590. The van der Waals surface area contributed by atoms with Gasteiger partial charge in [-0.3, -0.25) is 16.0 Å².